The van der Waals surface area contributed by atoms with Crippen molar-refractivity contribution in [3.63, 3.8) is 0 Å². The predicted molar refractivity (Wildman–Crippen MR) is 66.1 cm³/mol. The van der Waals surface area contributed by atoms with Crippen LogP contribution in [-0.2, 0) is 0 Å². The number of nitro benzene ring substituents is 1. The van der Waals surface area contributed by atoms with Crippen LogP contribution in [0, 0.1) is 10.1 Å². The van der Waals surface area contributed by atoms with E-state index in [1.807, 2.05) is 0 Å². The SMILES string of the molecule is CCC(=O)c1cc2cc(OC)cc([N+](=O)[O-])c2[nH]1. The molecule has 1 aromatic heterocycles. The molecule has 0 unspecified atom stereocenters. The molecular weight excluding hydrogens is 236 g/mol. The molecule has 0 aliphatic heterocycles. The van der Waals surface area contributed by atoms with Gasteiger partial charge in [-0.1, -0.05) is 6.92 Å². The predicted octanol–water partition coefficient (Wildman–Crippen LogP) is 2.68. The van der Waals surface area contributed by atoms with Crippen molar-refractivity contribution >= 4 is 22.4 Å². The first kappa shape index (κ1) is 12.1. The molecule has 0 radical (unpaired) electrons. The van der Waals surface area contributed by atoms with Crippen molar-refractivity contribution in [2.75, 3.05) is 7.11 Å². The highest BCUT2D eigenvalue weighted by Gasteiger charge is 2.18. The maximum atomic E-state index is 11.6. The summed E-state index contributed by atoms with van der Waals surface area (Å²) in [6.45, 7) is 1.74. The van der Waals surface area contributed by atoms with Gasteiger partial charge in [0.2, 0.25) is 0 Å². The van der Waals surface area contributed by atoms with Crippen molar-refractivity contribution in [1.29, 1.82) is 0 Å². The summed E-state index contributed by atoms with van der Waals surface area (Å²) in [5, 5.41) is 11.6. The van der Waals surface area contributed by atoms with Crippen LogP contribution in [0.1, 0.15) is 23.8 Å². The van der Waals surface area contributed by atoms with Gasteiger partial charge in [-0.3, -0.25) is 14.9 Å². The molecule has 6 nitrogen and oxygen atoms in total. The Balaban J connectivity index is 2.70. The van der Waals surface area contributed by atoms with Crippen LogP contribution in [0.15, 0.2) is 18.2 Å². The minimum atomic E-state index is -0.498. The molecule has 1 aromatic carbocycles. The number of aromatic amines is 1. The molecular formula is C12H12N2O4. The summed E-state index contributed by atoms with van der Waals surface area (Å²) in [5.74, 6) is 0.308. The lowest BCUT2D eigenvalue weighted by Crippen LogP contribution is -1.96. The van der Waals surface area contributed by atoms with Gasteiger partial charge in [0.15, 0.2) is 5.78 Å². The highest BCUT2D eigenvalue weighted by atomic mass is 16.6. The number of hydrogen-bond acceptors (Lipinski definition) is 4. The average molecular weight is 248 g/mol. The standard InChI is InChI=1S/C12H12N2O4/c1-3-11(15)9-5-7-4-8(18-2)6-10(14(16)17)12(7)13-9/h4-6,13H,3H2,1-2H3. The quantitative estimate of drug-likeness (QED) is 0.512. The van der Waals surface area contributed by atoms with Crippen molar-refractivity contribution in [2.45, 2.75) is 13.3 Å². The Morgan fingerprint density at radius 2 is 2.17 bits per heavy atom. The summed E-state index contributed by atoms with van der Waals surface area (Å²) in [7, 11) is 1.44. The number of Topliss-reactive ketones (excluding diaryl/α,β-unsaturated/α-hetero) is 1. The lowest BCUT2D eigenvalue weighted by Gasteiger charge is -2.00. The zero-order valence-corrected chi connectivity index (χ0v) is 10.0. The molecule has 6 heteroatoms. The van der Waals surface area contributed by atoms with Gasteiger partial charge in [0.25, 0.3) is 5.69 Å². The Labute approximate surface area is 103 Å². The highest BCUT2D eigenvalue weighted by molar-refractivity contribution is 6.01. The smallest absolute Gasteiger partial charge is 0.296 e. The molecule has 0 saturated heterocycles. The summed E-state index contributed by atoms with van der Waals surface area (Å²) in [6, 6.07) is 4.60. The molecule has 0 amide bonds. The van der Waals surface area contributed by atoms with Crippen LogP contribution in [0.5, 0.6) is 5.75 Å². The molecule has 2 aromatic rings. The Morgan fingerprint density at radius 3 is 2.72 bits per heavy atom. The van der Waals surface area contributed by atoms with E-state index in [9.17, 15) is 14.9 Å². The zero-order valence-electron chi connectivity index (χ0n) is 10.0. The first-order valence-corrected chi connectivity index (χ1v) is 5.45. The van der Waals surface area contributed by atoms with Crippen LogP contribution < -0.4 is 4.74 Å². The molecule has 0 atom stereocenters. The van der Waals surface area contributed by atoms with Gasteiger partial charge in [-0.15, -0.1) is 0 Å². The van der Waals surface area contributed by atoms with Gasteiger partial charge >= 0.3 is 0 Å². The molecule has 94 valence electrons. The second-order valence-corrected chi connectivity index (χ2v) is 3.83. The normalized spacial score (nSPS) is 10.6. The number of aromatic nitrogens is 1. The van der Waals surface area contributed by atoms with Gasteiger partial charge in [-0.25, -0.2) is 0 Å². The molecule has 1 heterocycles. The third-order valence-electron chi connectivity index (χ3n) is 2.73. The number of non-ortho nitro benzene ring substituents is 1. The van der Waals surface area contributed by atoms with Crippen molar-refractivity contribution in [3.05, 3.63) is 34.0 Å². The van der Waals surface area contributed by atoms with E-state index >= 15 is 0 Å². The summed E-state index contributed by atoms with van der Waals surface area (Å²) in [5.41, 5.74) is 0.626. The van der Waals surface area contributed by atoms with E-state index in [0.717, 1.165) is 0 Å². The number of carbonyl (C=O) groups is 1. The molecule has 0 aliphatic carbocycles. The molecule has 18 heavy (non-hydrogen) atoms. The molecule has 0 aliphatic rings. The number of nitro groups is 1. The monoisotopic (exact) mass is 248 g/mol. The number of fused-ring (bicyclic) bond motifs is 1. The lowest BCUT2D eigenvalue weighted by molar-refractivity contribution is -0.383. The van der Waals surface area contributed by atoms with Gasteiger partial charge in [0, 0.05) is 11.8 Å². The van der Waals surface area contributed by atoms with Crippen molar-refractivity contribution in [1.82, 2.24) is 4.98 Å². The number of rotatable bonds is 4. The number of H-pyrrole nitrogens is 1. The summed E-state index contributed by atoms with van der Waals surface area (Å²) >= 11 is 0. The average Bonchev–Trinajstić information content (AvgIpc) is 2.79. The topological polar surface area (TPSA) is 85.2 Å². The Hall–Kier alpha value is -2.37. The van der Waals surface area contributed by atoms with Crippen LogP contribution in [0.4, 0.5) is 5.69 Å². The van der Waals surface area contributed by atoms with Gasteiger partial charge in [-0.05, 0) is 12.1 Å². The Kier molecular flexibility index (Phi) is 3.01. The van der Waals surface area contributed by atoms with Gasteiger partial charge < -0.3 is 9.72 Å². The van der Waals surface area contributed by atoms with Crippen molar-refractivity contribution in [2.24, 2.45) is 0 Å². The number of hydrogen-bond donors (Lipinski definition) is 1. The maximum absolute atomic E-state index is 11.6. The third-order valence-corrected chi connectivity index (χ3v) is 2.73. The van der Waals surface area contributed by atoms with Crippen LogP contribution in [0.3, 0.4) is 0 Å². The van der Waals surface area contributed by atoms with E-state index in [1.165, 1.54) is 13.2 Å². The van der Waals surface area contributed by atoms with Crippen molar-refractivity contribution in [3.8, 4) is 5.75 Å². The first-order valence-electron chi connectivity index (χ1n) is 5.45. The van der Waals surface area contributed by atoms with E-state index in [4.69, 9.17) is 4.74 Å². The number of benzene rings is 1. The van der Waals surface area contributed by atoms with E-state index in [2.05, 4.69) is 4.98 Å². The first-order chi connectivity index (χ1) is 8.56. The number of nitrogens with one attached hydrogen (secondary N) is 1. The molecule has 0 spiro atoms. The van der Waals surface area contributed by atoms with Crippen LogP contribution in [0.2, 0.25) is 0 Å². The molecule has 0 saturated carbocycles. The maximum Gasteiger partial charge on any atom is 0.296 e. The summed E-state index contributed by atoms with van der Waals surface area (Å²) in [4.78, 5) is 24.9. The number of ether oxygens (including phenoxy) is 1. The van der Waals surface area contributed by atoms with Crippen LogP contribution >= 0.6 is 0 Å². The van der Waals surface area contributed by atoms with Gasteiger partial charge in [0.05, 0.1) is 23.8 Å². The highest BCUT2D eigenvalue weighted by Crippen LogP contribution is 2.31. The molecule has 0 fully saturated rings. The fraction of sp³-hybridized carbons (Fsp3) is 0.250. The number of carbonyl (C=O) groups excluding carboxylic acids is 1. The largest absolute Gasteiger partial charge is 0.496 e. The Morgan fingerprint density at radius 1 is 1.44 bits per heavy atom. The second-order valence-electron chi connectivity index (χ2n) is 3.83. The number of methoxy groups -OCH3 is 1. The van der Waals surface area contributed by atoms with Crippen LogP contribution in [0.25, 0.3) is 10.9 Å². The minimum absolute atomic E-state index is 0.0838. The van der Waals surface area contributed by atoms with Gasteiger partial charge in [-0.2, -0.15) is 0 Å². The van der Waals surface area contributed by atoms with Crippen molar-refractivity contribution < 1.29 is 14.5 Å². The number of ketones is 1. The minimum Gasteiger partial charge on any atom is -0.496 e. The number of nitrogens with zero attached hydrogens (tertiary/aromatic N) is 1. The van der Waals surface area contributed by atoms with Gasteiger partial charge in [0.1, 0.15) is 11.3 Å². The lowest BCUT2D eigenvalue weighted by atomic mass is 10.2. The summed E-state index contributed by atoms with van der Waals surface area (Å²) < 4.78 is 5.01. The van der Waals surface area contributed by atoms with E-state index in [1.54, 1.807) is 19.1 Å². The van der Waals surface area contributed by atoms with E-state index in [0.29, 0.717) is 28.8 Å². The molecule has 0 bridgehead atoms. The molecule has 2 rings (SSSR count). The van der Waals surface area contributed by atoms with Crippen LogP contribution in [-0.4, -0.2) is 22.8 Å². The fourth-order valence-electron chi connectivity index (χ4n) is 1.80. The van der Waals surface area contributed by atoms with E-state index in [-0.39, 0.29) is 11.5 Å². The fourth-order valence-corrected chi connectivity index (χ4v) is 1.80. The zero-order chi connectivity index (χ0) is 13.3. The van der Waals surface area contributed by atoms with E-state index < -0.39 is 4.92 Å². The Bertz CT molecular complexity index is 630. The molecule has 1 N–H and O–H groups in total. The third kappa shape index (κ3) is 1.92. The summed E-state index contributed by atoms with van der Waals surface area (Å²) in [6.07, 6.45) is 0.345. The second kappa shape index (κ2) is 4.48.